The van der Waals surface area contributed by atoms with Gasteiger partial charge in [-0.3, -0.25) is 4.79 Å². The molecule has 0 unspecified atom stereocenters. The van der Waals surface area contributed by atoms with E-state index in [1.54, 1.807) is 6.92 Å². The van der Waals surface area contributed by atoms with Crippen LogP contribution in [0.25, 0.3) is 0 Å². The van der Waals surface area contributed by atoms with E-state index >= 15 is 0 Å². The first-order chi connectivity index (χ1) is 9.18. The van der Waals surface area contributed by atoms with Crippen LogP contribution < -0.4 is 11.1 Å². The summed E-state index contributed by atoms with van der Waals surface area (Å²) in [5, 5.41) is 11.6. The van der Waals surface area contributed by atoms with Crippen LogP contribution in [-0.4, -0.2) is 23.5 Å². The molecule has 5 nitrogen and oxygen atoms in total. The smallest absolute Gasteiger partial charge is 0.417 e. The molecule has 0 spiro atoms. The second-order valence-corrected chi connectivity index (χ2v) is 4.04. The van der Waals surface area contributed by atoms with Crippen LogP contribution in [0, 0.1) is 0 Å². The summed E-state index contributed by atoms with van der Waals surface area (Å²) in [7, 11) is 0. The summed E-state index contributed by atoms with van der Waals surface area (Å²) in [6, 6.07) is 1.24. The molecule has 0 atom stereocenters. The average molecular weight is 290 g/mol. The van der Waals surface area contributed by atoms with Gasteiger partial charge < -0.3 is 16.2 Å². The number of anilines is 1. The third-order valence-corrected chi connectivity index (χ3v) is 2.52. The van der Waals surface area contributed by atoms with Gasteiger partial charge in [0.2, 0.25) is 0 Å². The molecule has 0 radical (unpaired) electrons. The lowest BCUT2D eigenvalue weighted by Gasteiger charge is -2.15. The summed E-state index contributed by atoms with van der Waals surface area (Å²) < 4.78 is 38.4. The Balaban J connectivity index is 3.51. The molecule has 0 heterocycles. The Morgan fingerprint density at radius 1 is 1.30 bits per heavy atom. The van der Waals surface area contributed by atoms with Crippen molar-refractivity contribution < 1.29 is 27.9 Å². The number of hydrogen-bond donors (Lipinski definition) is 3. The Labute approximate surface area is 112 Å². The van der Waals surface area contributed by atoms with Crippen molar-refractivity contribution >= 4 is 17.6 Å². The van der Waals surface area contributed by atoms with Crippen molar-refractivity contribution in [1.29, 1.82) is 0 Å². The molecule has 0 aliphatic rings. The zero-order valence-electron chi connectivity index (χ0n) is 10.5. The van der Waals surface area contributed by atoms with Crippen LogP contribution >= 0.6 is 0 Å². The van der Waals surface area contributed by atoms with E-state index < -0.39 is 34.7 Å². The van der Waals surface area contributed by atoms with E-state index in [1.807, 2.05) is 0 Å². The molecule has 0 fully saturated rings. The van der Waals surface area contributed by atoms with Gasteiger partial charge in [-0.15, -0.1) is 0 Å². The van der Waals surface area contributed by atoms with Crippen LogP contribution in [0.15, 0.2) is 12.1 Å². The highest BCUT2D eigenvalue weighted by atomic mass is 19.4. The maximum Gasteiger partial charge on any atom is 0.417 e. The van der Waals surface area contributed by atoms with Crippen molar-refractivity contribution in [2.75, 3.05) is 11.9 Å². The lowest BCUT2D eigenvalue weighted by atomic mass is 10.0. The van der Waals surface area contributed by atoms with Gasteiger partial charge in [0, 0.05) is 12.2 Å². The van der Waals surface area contributed by atoms with Crippen molar-refractivity contribution in [3.63, 3.8) is 0 Å². The molecule has 1 aromatic rings. The predicted octanol–water partition coefficient (Wildman–Crippen LogP) is 2.32. The number of aromatic carboxylic acids is 1. The van der Waals surface area contributed by atoms with Crippen molar-refractivity contribution in [3.8, 4) is 0 Å². The van der Waals surface area contributed by atoms with E-state index in [2.05, 4.69) is 5.32 Å². The molecule has 20 heavy (non-hydrogen) atoms. The number of carboxylic acid groups (broad SMARTS) is 1. The summed E-state index contributed by atoms with van der Waals surface area (Å²) >= 11 is 0. The van der Waals surface area contributed by atoms with Gasteiger partial charge in [0.15, 0.2) is 0 Å². The van der Waals surface area contributed by atoms with Gasteiger partial charge in [-0.25, -0.2) is 4.79 Å². The molecule has 1 rings (SSSR count). The van der Waals surface area contributed by atoms with Crippen molar-refractivity contribution in [1.82, 2.24) is 0 Å². The topological polar surface area (TPSA) is 92.4 Å². The second-order valence-electron chi connectivity index (χ2n) is 4.04. The Morgan fingerprint density at radius 2 is 1.90 bits per heavy atom. The molecule has 0 saturated carbocycles. The van der Waals surface area contributed by atoms with Gasteiger partial charge in [0.25, 0.3) is 5.91 Å². The van der Waals surface area contributed by atoms with Crippen LogP contribution in [0.4, 0.5) is 18.9 Å². The van der Waals surface area contributed by atoms with Crippen LogP contribution in [0.3, 0.4) is 0 Å². The number of nitrogens with one attached hydrogen (secondary N) is 1. The minimum Gasteiger partial charge on any atom is -0.478 e. The van der Waals surface area contributed by atoms with Crippen LogP contribution in [0.1, 0.15) is 39.6 Å². The fourth-order valence-electron chi connectivity index (χ4n) is 1.62. The number of carbonyl (C=O) groups is 2. The first-order valence-corrected chi connectivity index (χ1v) is 5.70. The fraction of sp³-hybridized carbons (Fsp3) is 0.333. The molecule has 0 bridgehead atoms. The number of halogens is 3. The lowest BCUT2D eigenvalue weighted by molar-refractivity contribution is -0.138. The van der Waals surface area contributed by atoms with Crippen LogP contribution in [0.5, 0.6) is 0 Å². The molecule has 1 aromatic carbocycles. The van der Waals surface area contributed by atoms with Gasteiger partial charge >= 0.3 is 12.1 Å². The van der Waals surface area contributed by atoms with E-state index in [0.717, 1.165) is 6.07 Å². The number of nitrogens with two attached hydrogens (primary N) is 1. The molecule has 0 aliphatic heterocycles. The maximum absolute atomic E-state index is 12.8. The number of alkyl halides is 3. The number of carbonyl (C=O) groups excluding carboxylic acids is 1. The highest BCUT2D eigenvalue weighted by Crippen LogP contribution is 2.35. The largest absolute Gasteiger partial charge is 0.478 e. The molecule has 110 valence electrons. The maximum atomic E-state index is 12.8. The van der Waals surface area contributed by atoms with Gasteiger partial charge in [0.1, 0.15) is 0 Å². The SMILES string of the molecule is CCCNc1cc(C(=O)O)c(C(F)(F)F)cc1C(N)=O. The highest BCUT2D eigenvalue weighted by molar-refractivity contribution is 6.01. The van der Waals surface area contributed by atoms with Crippen LogP contribution in [-0.2, 0) is 6.18 Å². The number of amides is 1. The van der Waals surface area contributed by atoms with Gasteiger partial charge in [-0.2, -0.15) is 13.2 Å². The Hall–Kier alpha value is -2.25. The van der Waals surface area contributed by atoms with Crippen LogP contribution in [0.2, 0.25) is 0 Å². The Kier molecular flexibility index (Phi) is 4.59. The summed E-state index contributed by atoms with van der Waals surface area (Å²) in [5.74, 6) is -2.79. The standard InChI is InChI=1S/C12H13F3N2O3/c1-2-3-17-9-5-6(11(19)20)8(12(13,14)15)4-7(9)10(16)18/h4-5,17H,2-3H2,1H3,(H2,16,18)(H,19,20). The number of benzene rings is 1. The number of carboxylic acids is 1. The molecule has 0 aromatic heterocycles. The highest BCUT2D eigenvalue weighted by Gasteiger charge is 2.36. The normalized spacial score (nSPS) is 11.2. The molecular weight excluding hydrogens is 277 g/mol. The zero-order valence-corrected chi connectivity index (χ0v) is 10.5. The summed E-state index contributed by atoms with van der Waals surface area (Å²) in [4.78, 5) is 22.1. The Bertz CT molecular complexity index is 541. The van der Waals surface area contributed by atoms with Crippen molar-refractivity contribution in [3.05, 3.63) is 28.8 Å². The number of rotatable bonds is 5. The summed E-state index contributed by atoms with van der Waals surface area (Å²) in [5.41, 5.74) is 2.28. The number of primary amides is 1. The Morgan fingerprint density at radius 3 is 2.30 bits per heavy atom. The molecule has 1 amide bonds. The van der Waals surface area contributed by atoms with E-state index in [4.69, 9.17) is 10.8 Å². The molecule has 0 aliphatic carbocycles. The average Bonchev–Trinajstić information content (AvgIpc) is 2.33. The lowest BCUT2D eigenvalue weighted by Crippen LogP contribution is -2.20. The van der Waals surface area contributed by atoms with E-state index in [9.17, 15) is 22.8 Å². The molecule has 8 heteroatoms. The fourth-order valence-corrected chi connectivity index (χ4v) is 1.62. The van der Waals surface area contributed by atoms with Crippen molar-refractivity contribution in [2.24, 2.45) is 5.73 Å². The molecule has 4 N–H and O–H groups in total. The first kappa shape index (κ1) is 15.8. The quantitative estimate of drug-likeness (QED) is 0.776. The van der Waals surface area contributed by atoms with Gasteiger partial charge in [0.05, 0.1) is 16.7 Å². The monoisotopic (exact) mass is 290 g/mol. The van der Waals surface area contributed by atoms with Gasteiger partial charge in [-0.05, 0) is 18.6 Å². The first-order valence-electron chi connectivity index (χ1n) is 5.70. The minimum absolute atomic E-state index is 0.0234. The molecular formula is C12H13F3N2O3. The van der Waals surface area contributed by atoms with E-state index in [1.165, 1.54) is 0 Å². The summed E-state index contributed by atoms with van der Waals surface area (Å²) in [6.45, 7) is 2.17. The minimum atomic E-state index is -4.89. The van der Waals surface area contributed by atoms with E-state index in [-0.39, 0.29) is 5.69 Å². The van der Waals surface area contributed by atoms with E-state index in [0.29, 0.717) is 19.0 Å². The zero-order chi connectivity index (χ0) is 15.5. The predicted molar refractivity (Wildman–Crippen MR) is 65.7 cm³/mol. The molecule has 0 saturated heterocycles. The third-order valence-electron chi connectivity index (χ3n) is 2.52. The summed E-state index contributed by atoms with van der Waals surface area (Å²) in [6.07, 6.45) is -4.25. The van der Waals surface area contributed by atoms with Gasteiger partial charge in [-0.1, -0.05) is 6.92 Å². The third kappa shape index (κ3) is 3.40. The second kappa shape index (κ2) is 5.81. The van der Waals surface area contributed by atoms with Crippen molar-refractivity contribution in [2.45, 2.75) is 19.5 Å². The number of hydrogen-bond acceptors (Lipinski definition) is 3.